The van der Waals surface area contributed by atoms with Crippen molar-refractivity contribution < 1.29 is 4.79 Å². The molecule has 3 rings (SSSR count). The first-order valence-corrected chi connectivity index (χ1v) is 7.41. The molecule has 0 saturated heterocycles. The van der Waals surface area contributed by atoms with Crippen molar-refractivity contribution in [1.29, 1.82) is 0 Å². The second kappa shape index (κ2) is 5.40. The molecule has 1 aromatic heterocycles. The number of nitrogens with two attached hydrogens (primary N) is 2. The highest BCUT2D eigenvalue weighted by Crippen LogP contribution is 2.42. The van der Waals surface area contributed by atoms with Gasteiger partial charge < -0.3 is 16.8 Å². The maximum atomic E-state index is 12.4. The molecule has 2 bridgehead atoms. The zero-order chi connectivity index (χ0) is 14.1. The molecule has 1 aromatic rings. The van der Waals surface area contributed by atoms with Crippen molar-refractivity contribution in [2.75, 3.05) is 11.1 Å². The van der Waals surface area contributed by atoms with E-state index < -0.39 is 0 Å². The topological polar surface area (TPSA) is 94.0 Å². The fraction of sp³-hybridized carbons (Fsp3) is 0.600. The average Bonchev–Trinajstić information content (AvgIpc) is 2.41. The van der Waals surface area contributed by atoms with Crippen LogP contribution in [0.4, 0.5) is 11.5 Å². The molecule has 2 aliphatic rings. The third-order valence-electron chi connectivity index (χ3n) is 4.84. The number of carbonyl (C=O) groups is 1. The molecule has 2 saturated carbocycles. The van der Waals surface area contributed by atoms with Gasteiger partial charge in [-0.3, -0.25) is 4.79 Å². The van der Waals surface area contributed by atoms with E-state index in [0.717, 1.165) is 12.8 Å². The molecule has 1 heterocycles. The number of carbonyl (C=O) groups excluding carboxylic acids is 1. The first kappa shape index (κ1) is 13.4. The monoisotopic (exact) mass is 274 g/mol. The lowest BCUT2D eigenvalue weighted by Crippen LogP contribution is -2.48. The summed E-state index contributed by atoms with van der Waals surface area (Å²) in [4.78, 5) is 16.4. The van der Waals surface area contributed by atoms with Gasteiger partial charge in [-0.25, -0.2) is 4.98 Å². The van der Waals surface area contributed by atoms with Gasteiger partial charge in [0.15, 0.2) is 0 Å². The van der Waals surface area contributed by atoms with Crippen molar-refractivity contribution in [3.05, 3.63) is 18.3 Å². The minimum absolute atomic E-state index is 0.0858. The van der Waals surface area contributed by atoms with Crippen LogP contribution in [0, 0.1) is 17.8 Å². The number of anilines is 2. The van der Waals surface area contributed by atoms with Crippen molar-refractivity contribution in [3.8, 4) is 0 Å². The van der Waals surface area contributed by atoms with E-state index >= 15 is 0 Å². The predicted octanol–water partition coefficient (Wildman–Crippen LogP) is 1.76. The number of aromatic nitrogens is 1. The Bertz CT molecular complexity index is 473. The molecule has 5 heteroatoms. The summed E-state index contributed by atoms with van der Waals surface area (Å²) >= 11 is 0. The molecule has 108 valence electrons. The molecule has 0 aliphatic heterocycles. The number of amides is 1. The molecule has 2 unspecified atom stereocenters. The van der Waals surface area contributed by atoms with E-state index in [1.165, 1.54) is 19.3 Å². The van der Waals surface area contributed by atoms with Crippen molar-refractivity contribution in [2.24, 2.45) is 23.5 Å². The molecule has 2 aliphatic carbocycles. The molecule has 1 amide bonds. The third kappa shape index (κ3) is 2.63. The van der Waals surface area contributed by atoms with E-state index in [0.29, 0.717) is 29.4 Å². The van der Waals surface area contributed by atoms with Gasteiger partial charge in [0.05, 0.1) is 11.9 Å². The largest absolute Gasteiger partial charge is 0.384 e. The van der Waals surface area contributed by atoms with Crippen LogP contribution in [0.2, 0.25) is 0 Å². The quantitative estimate of drug-likeness (QED) is 0.766. The fourth-order valence-electron chi connectivity index (χ4n) is 3.73. The van der Waals surface area contributed by atoms with Gasteiger partial charge in [-0.2, -0.15) is 0 Å². The summed E-state index contributed by atoms with van der Waals surface area (Å²) < 4.78 is 0. The van der Waals surface area contributed by atoms with Gasteiger partial charge in [-0.15, -0.1) is 0 Å². The van der Waals surface area contributed by atoms with Crippen LogP contribution in [-0.2, 0) is 4.79 Å². The zero-order valence-corrected chi connectivity index (χ0v) is 11.6. The first-order chi connectivity index (χ1) is 9.63. The van der Waals surface area contributed by atoms with Crippen LogP contribution in [0.1, 0.15) is 32.1 Å². The maximum Gasteiger partial charge on any atom is 0.227 e. The molecule has 0 spiro atoms. The molecule has 2 atom stereocenters. The Balaban J connectivity index is 1.64. The number of hydrogen-bond acceptors (Lipinski definition) is 4. The standard InChI is InChI=1S/C15H22N4O/c16-13-5-4-12(8-18-13)19-15(20)11-6-9-2-1-3-10(7-11)14(9)17/h4-5,8-11,14H,1-3,6-7,17H2,(H2,16,18)(H,19,20). The summed E-state index contributed by atoms with van der Waals surface area (Å²) in [6.45, 7) is 0. The molecular formula is C15H22N4O. The van der Waals surface area contributed by atoms with Crippen molar-refractivity contribution in [2.45, 2.75) is 38.1 Å². The van der Waals surface area contributed by atoms with Gasteiger partial charge in [-0.1, -0.05) is 6.42 Å². The van der Waals surface area contributed by atoms with E-state index in [1.54, 1.807) is 18.3 Å². The highest BCUT2D eigenvalue weighted by molar-refractivity contribution is 5.92. The van der Waals surface area contributed by atoms with Crippen LogP contribution >= 0.6 is 0 Å². The average molecular weight is 274 g/mol. The summed E-state index contributed by atoms with van der Waals surface area (Å²) in [7, 11) is 0. The molecule has 5 N–H and O–H groups in total. The molecule has 0 radical (unpaired) electrons. The predicted molar refractivity (Wildman–Crippen MR) is 78.8 cm³/mol. The molecular weight excluding hydrogens is 252 g/mol. The smallest absolute Gasteiger partial charge is 0.227 e. The number of nitrogens with zero attached hydrogens (tertiary/aromatic N) is 1. The van der Waals surface area contributed by atoms with Gasteiger partial charge in [0.2, 0.25) is 5.91 Å². The number of hydrogen-bond donors (Lipinski definition) is 3. The Morgan fingerprint density at radius 2 is 1.95 bits per heavy atom. The summed E-state index contributed by atoms with van der Waals surface area (Å²) in [6.07, 6.45) is 7.05. The number of pyridine rings is 1. The Hall–Kier alpha value is -1.62. The van der Waals surface area contributed by atoms with E-state index in [-0.39, 0.29) is 11.8 Å². The second-order valence-corrected chi connectivity index (χ2v) is 6.16. The van der Waals surface area contributed by atoms with E-state index in [1.807, 2.05) is 0 Å². The van der Waals surface area contributed by atoms with Gasteiger partial charge in [0.1, 0.15) is 5.82 Å². The van der Waals surface area contributed by atoms with Gasteiger partial charge >= 0.3 is 0 Å². The summed E-state index contributed by atoms with van der Waals surface area (Å²) in [5.41, 5.74) is 12.5. The highest BCUT2D eigenvalue weighted by atomic mass is 16.1. The second-order valence-electron chi connectivity index (χ2n) is 6.16. The fourth-order valence-corrected chi connectivity index (χ4v) is 3.73. The summed E-state index contributed by atoms with van der Waals surface area (Å²) in [5.74, 6) is 1.68. The summed E-state index contributed by atoms with van der Waals surface area (Å²) in [6, 6.07) is 3.78. The molecule has 0 aromatic carbocycles. The maximum absolute atomic E-state index is 12.4. The van der Waals surface area contributed by atoms with Crippen molar-refractivity contribution in [3.63, 3.8) is 0 Å². The molecule has 5 nitrogen and oxygen atoms in total. The number of nitrogens with one attached hydrogen (secondary N) is 1. The van der Waals surface area contributed by atoms with Crippen LogP contribution in [0.25, 0.3) is 0 Å². The van der Waals surface area contributed by atoms with Crippen LogP contribution in [-0.4, -0.2) is 16.9 Å². The Labute approximate surface area is 119 Å². The Morgan fingerprint density at radius 3 is 2.55 bits per heavy atom. The number of nitrogen functional groups attached to an aromatic ring is 1. The lowest BCUT2D eigenvalue weighted by molar-refractivity contribution is -0.122. The van der Waals surface area contributed by atoms with Crippen molar-refractivity contribution >= 4 is 17.4 Å². The van der Waals surface area contributed by atoms with Gasteiger partial charge in [0.25, 0.3) is 0 Å². The van der Waals surface area contributed by atoms with E-state index in [2.05, 4.69) is 10.3 Å². The highest BCUT2D eigenvalue weighted by Gasteiger charge is 2.40. The van der Waals surface area contributed by atoms with Crippen LogP contribution in [0.5, 0.6) is 0 Å². The van der Waals surface area contributed by atoms with Crippen molar-refractivity contribution in [1.82, 2.24) is 4.98 Å². The van der Waals surface area contributed by atoms with Gasteiger partial charge in [0, 0.05) is 12.0 Å². The normalized spacial score (nSPS) is 32.6. The third-order valence-corrected chi connectivity index (χ3v) is 4.84. The van der Waals surface area contributed by atoms with Crippen LogP contribution < -0.4 is 16.8 Å². The lowest BCUT2D eigenvalue weighted by Gasteiger charge is -2.43. The number of fused-ring (bicyclic) bond motifs is 2. The van der Waals surface area contributed by atoms with Crippen LogP contribution in [0.15, 0.2) is 18.3 Å². The zero-order valence-electron chi connectivity index (χ0n) is 11.6. The van der Waals surface area contributed by atoms with Crippen LogP contribution in [0.3, 0.4) is 0 Å². The van der Waals surface area contributed by atoms with Gasteiger partial charge in [-0.05, 0) is 49.7 Å². The Morgan fingerprint density at radius 1 is 1.25 bits per heavy atom. The minimum atomic E-state index is 0.0858. The minimum Gasteiger partial charge on any atom is -0.384 e. The summed E-state index contributed by atoms with van der Waals surface area (Å²) in [5, 5.41) is 2.95. The lowest BCUT2D eigenvalue weighted by atomic mass is 9.65. The Kier molecular flexibility index (Phi) is 3.61. The van der Waals surface area contributed by atoms with E-state index in [9.17, 15) is 4.79 Å². The van der Waals surface area contributed by atoms with E-state index in [4.69, 9.17) is 11.5 Å². The first-order valence-electron chi connectivity index (χ1n) is 7.41. The SMILES string of the molecule is Nc1ccc(NC(=O)C2CC3CCCC(C2)C3N)cn1. The molecule has 20 heavy (non-hydrogen) atoms. The molecule has 2 fully saturated rings. The number of rotatable bonds is 2.